The van der Waals surface area contributed by atoms with Gasteiger partial charge >= 0.3 is 0 Å². The van der Waals surface area contributed by atoms with Crippen LogP contribution >= 0.6 is 15.9 Å². The van der Waals surface area contributed by atoms with Crippen molar-refractivity contribution in [2.75, 3.05) is 40.4 Å². The third-order valence-electron chi connectivity index (χ3n) is 5.34. The third kappa shape index (κ3) is 3.21. The maximum absolute atomic E-state index is 5.81. The number of methoxy groups -OCH3 is 2. The molecular formula is C20H24BrN3O2. The van der Waals surface area contributed by atoms with E-state index in [1.807, 2.05) is 12.3 Å². The molecule has 1 aromatic heterocycles. The van der Waals surface area contributed by atoms with E-state index in [1.54, 1.807) is 14.2 Å². The molecule has 1 aliphatic carbocycles. The third-order valence-corrected chi connectivity index (χ3v) is 5.77. The van der Waals surface area contributed by atoms with Gasteiger partial charge in [0.2, 0.25) is 0 Å². The lowest BCUT2D eigenvalue weighted by molar-refractivity contribution is 0.192. The molecule has 0 bridgehead atoms. The number of nitrogens with one attached hydrogen (secondary N) is 1. The molecule has 5 nitrogen and oxygen atoms in total. The number of hydrogen-bond donors (Lipinski definition) is 1. The van der Waals surface area contributed by atoms with Crippen LogP contribution in [0.25, 0.3) is 0 Å². The van der Waals surface area contributed by atoms with Gasteiger partial charge < -0.3 is 14.8 Å². The molecule has 138 valence electrons. The SMILES string of the molecule is COc1cc2c(c(OC)c1)C(N1CCNCC1)c1ncc(Br)cc1CC2. The van der Waals surface area contributed by atoms with Crippen LogP contribution in [0.4, 0.5) is 0 Å². The van der Waals surface area contributed by atoms with E-state index < -0.39 is 0 Å². The average molecular weight is 418 g/mol. The van der Waals surface area contributed by atoms with Crippen molar-refractivity contribution in [1.82, 2.24) is 15.2 Å². The predicted octanol–water partition coefficient (Wildman–Crippen LogP) is 2.95. The van der Waals surface area contributed by atoms with Crippen molar-refractivity contribution in [3.63, 3.8) is 0 Å². The van der Waals surface area contributed by atoms with E-state index >= 15 is 0 Å². The summed E-state index contributed by atoms with van der Waals surface area (Å²) in [6, 6.07) is 6.48. The highest BCUT2D eigenvalue weighted by Crippen LogP contribution is 2.43. The highest BCUT2D eigenvalue weighted by Gasteiger charge is 2.33. The number of nitrogens with zero attached hydrogens (tertiary/aromatic N) is 2. The number of halogens is 1. The van der Waals surface area contributed by atoms with Crippen molar-refractivity contribution in [1.29, 1.82) is 0 Å². The van der Waals surface area contributed by atoms with E-state index in [2.05, 4.69) is 38.3 Å². The summed E-state index contributed by atoms with van der Waals surface area (Å²) >= 11 is 3.59. The van der Waals surface area contributed by atoms with Gasteiger partial charge in [0.1, 0.15) is 11.5 Å². The second-order valence-electron chi connectivity index (χ2n) is 6.79. The van der Waals surface area contributed by atoms with Crippen molar-refractivity contribution in [3.05, 3.63) is 51.3 Å². The minimum atomic E-state index is 0.110. The Morgan fingerprint density at radius 2 is 1.85 bits per heavy atom. The number of hydrogen-bond acceptors (Lipinski definition) is 5. The van der Waals surface area contributed by atoms with Crippen molar-refractivity contribution < 1.29 is 9.47 Å². The zero-order valence-electron chi connectivity index (χ0n) is 15.2. The van der Waals surface area contributed by atoms with Crippen LogP contribution in [0.3, 0.4) is 0 Å². The molecule has 1 unspecified atom stereocenters. The number of rotatable bonds is 3. The molecule has 1 saturated heterocycles. The fourth-order valence-corrected chi connectivity index (χ4v) is 4.48. The molecular weight excluding hydrogens is 394 g/mol. The Bertz CT molecular complexity index is 806. The van der Waals surface area contributed by atoms with Crippen LogP contribution < -0.4 is 14.8 Å². The van der Waals surface area contributed by atoms with Gasteiger partial charge in [-0.1, -0.05) is 0 Å². The van der Waals surface area contributed by atoms with Gasteiger partial charge in [-0.05, 0) is 52.0 Å². The monoisotopic (exact) mass is 417 g/mol. The van der Waals surface area contributed by atoms with Gasteiger partial charge in [-0.2, -0.15) is 0 Å². The first-order valence-corrected chi connectivity index (χ1v) is 9.84. The minimum Gasteiger partial charge on any atom is -0.497 e. The summed E-state index contributed by atoms with van der Waals surface area (Å²) in [5.74, 6) is 1.74. The topological polar surface area (TPSA) is 46.6 Å². The lowest BCUT2D eigenvalue weighted by atomic mass is 9.94. The molecule has 1 atom stereocenters. The Kier molecular flexibility index (Phi) is 5.16. The first-order valence-electron chi connectivity index (χ1n) is 9.05. The summed E-state index contributed by atoms with van der Waals surface area (Å²) in [6.45, 7) is 3.99. The van der Waals surface area contributed by atoms with Crippen LogP contribution in [0.15, 0.2) is 28.9 Å². The largest absolute Gasteiger partial charge is 0.497 e. The zero-order chi connectivity index (χ0) is 18.1. The summed E-state index contributed by atoms with van der Waals surface area (Å²) in [4.78, 5) is 7.38. The number of aryl methyl sites for hydroxylation is 2. The Labute approximate surface area is 162 Å². The molecule has 2 aromatic rings. The molecule has 0 amide bonds. The van der Waals surface area contributed by atoms with Gasteiger partial charge in [0, 0.05) is 48.5 Å². The molecule has 0 spiro atoms. The van der Waals surface area contributed by atoms with Gasteiger partial charge in [0.15, 0.2) is 0 Å². The maximum Gasteiger partial charge on any atom is 0.128 e. The molecule has 4 rings (SSSR count). The lowest BCUT2D eigenvalue weighted by Crippen LogP contribution is -2.45. The first-order chi connectivity index (χ1) is 12.7. The van der Waals surface area contributed by atoms with Gasteiger partial charge in [0.05, 0.1) is 26.0 Å². The summed E-state index contributed by atoms with van der Waals surface area (Å²) in [5.41, 5.74) is 4.99. The van der Waals surface area contributed by atoms with E-state index in [9.17, 15) is 0 Å². The molecule has 2 aliphatic rings. The molecule has 1 aliphatic heterocycles. The lowest BCUT2D eigenvalue weighted by Gasteiger charge is -2.36. The molecule has 2 heterocycles. The molecule has 1 fully saturated rings. The zero-order valence-corrected chi connectivity index (χ0v) is 16.8. The first kappa shape index (κ1) is 17.8. The van der Waals surface area contributed by atoms with E-state index in [-0.39, 0.29) is 6.04 Å². The fourth-order valence-electron chi connectivity index (χ4n) is 4.10. The number of piperazine rings is 1. The van der Waals surface area contributed by atoms with Crippen LogP contribution in [-0.2, 0) is 12.8 Å². The number of benzene rings is 1. The standard InChI is InChI=1S/C20H24BrN3O2/c1-25-16-10-13-3-4-14-9-15(21)12-23-19(14)20(18(13)17(11-16)26-2)24-7-5-22-6-8-24/h9-12,20,22H,3-8H2,1-2H3. The molecule has 1 aromatic carbocycles. The van der Waals surface area contributed by atoms with E-state index in [4.69, 9.17) is 14.5 Å². The molecule has 0 radical (unpaired) electrons. The Balaban J connectivity index is 1.92. The highest BCUT2D eigenvalue weighted by atomic mass is 79.9. The van der Waals surface area contributed by atoms with Crippen molar-refractivity contribution in [2.24, 2.45) is 0 Å². The maximum atomic E-state index is 5.81. The Morgan fingerprint density at radius 1 is 1.08 bits per heavy atom. The normalized spacial score (nSPS) is 20.0. The summed E-state index contributed by atoms with van der Waals surface area (Å²) in [5, 5.41) is 3.45. The number of ether oxygens (including phenoxy) is 2. The van der Waals surface area contributed by atoms with E-state index in [0.29, 0.717) is 0 Å². The van der Waals surface area contributed by atoms with Crippen molar-refractivity contribution in [2.45, 2.75) is 18.9 Å². The van der Waals surface area contributed by atoms with Gasteiger partial charge in [-0.25, -0.2) is 0 Å². The Morgan fingerprint density at radius 3 is 2.58 bits per heavy atom. The second kappa shape index (κ2) is 7.55. The summed E-state index contributed by atoms with van der Waals surface area (Å²) in [6.07, 6.45) is 3.83. The molecule has 0 saturated carbocycles. The van der Waals surface area contributed by atoms with Crippen molar-refractivity contribution >= 4 is 15.9 Å². The van der Waals surface area contributed by atoms with E-state index in [0.717, 1.165) is 60.7 Å². The number of aromatic nitrogens is 1. The van der Waals surface area contributed by atoms with Crippen LogP contribution in [0, 0.1) is 0 Å². The summed E-state index contributed by atoms with van der Waals surface area (Å²) < 4.78 is 12.4. The number of pyridine rings is 1. The smallest absolute Gasteiger partial charge is 0.128 e. The van der Waals surface area contributed by atoms with E-state index in [1.165, 1.54) is 16.7 Å². The minimum absolute atomic E-state index is 0.110. The predicted molar refractivity (Wildman–Crippen MR) is 105 cm³/mol. The van der Waals surface area contributed by atoms with Crippen LogP contribution in [0.2, 0.25) is 0 Å². The van der Waals surface area contributed by atoms with Gasteiger partial charge in [0.25, 0.3) is 0 Å². The quantitative estimate of drug-likeness (QED) is 0.831. The Hall–Kier alpha value is -1.63. The fraction of sp³-hybridized carbons (Fsp3) is 0.450. The molecule has 6 heteroatoms. The van der Waals surface area contributed by atoms with Crippen LogP contribution in [0.1, 0.15) is 28.4 Å². The highest BCUT2D eigenvalue weighted by molar-refractivity contribution is 9.10. The average Bonchev–Trinajstić information content (AvgIpc) is 2.84. The van der Waals surface area contributed by atoms with Crippen LogP contribution in [0.5, 0.6) is 11.5 Å². The number of fused-ring (bicyclic) bond motifs is 2. The van der Waals surface area contributed by atoms with Crippen LogP contribution in [-0.4, -0.2) is 50.3 Å². The van der Waals surface area contributed by atoms with Gasteiger partial charge in [-0.3, -0.25) is 9.88 Å². The second-order valence-corrected chi connectivity index (χ2v) is 7.70. The van der Waals surface area contributed by atoms with Crippen molar-refractivity contribution in [3.8, 4) is 11.5 Å². The van der Waals surface area contributed by atoms with Gasteiger partial charge in [-0.15, -0.1) is 0 Å². The molecule has 26 heavy (non-hydrogen) atoms. The molecule has 1 N–H and O–H groups in total. The summed E-state index contributed by atoms with van der Waals surface area (Å²) in [7, 11) is 3.45.